The van der Waals surface area contributed by atoms with Crippen molar-refractivity contribution in [2.75, 3.05) is 29.9 Å². The van der Waals surface area contributed by atoms with Crippen molar-refractivity contribution in [2.45, 2.75) is 34.1 Å². The van der Waals surface area contributed by atoms with E-state index in [4.69, 9.17) is 0 Å². The van der Waals surface area contributed by atoms with E-state index in [-0.39, 0.29) is 18.2 Å². The van der Waals surface area contributed by atoms with Gasteiger partial charge in [-0.05, 0) is 51.5 Å². The Labute approximate surface area is 161 Å². The van der Waals surface area contributed by atoms with Crippen LogP contribution in [0.25, 0.3) is 0 Å². The van der Waals surface area contributed by atoms with E-state index in [0.29, 0.717) is 12.1 Å². The Morgan fingerprint density at radius 2 is 1.63 bits per heavy atom. The number of nitrogens with one attached hydrogen (secondary N) is 2. The topological polar surface area (TPSA) is 61.4 Å². The van der Waals surface area contributed by atoms with Crippen molar-refractivity contribution in [2.24, 2.45) is 0 Å². The molecule has 0 bridgehead atoms. The summed E-state index contributed by atoms with van der Waals surface area (Å²) in [5, 5.41) is 5.60. The van der Waals surface area contributed by atoms with Gasteiger partial charge in [0.2, 0.25) is 0 Å². The van der Waals surface area contributed by atoms with Gasteiger partial charge in [0.05, 0.1) is 0 Å². The highest BCUT2D eigenvalue weighted by Gasteiger charge is 2.09. The van der Waals surface area contributed by atoms with Crippen LogP contribution >= 0.6 is 0 Å². The van der Waals surface area contributed by atoms with Crippen molar-refractivity contribution >= 4 is 23.2 Å². The summed E-state index contributed by atoms with van der Waals surface area (Å²) >= 11 is 0. The fourth-order valence-electron chi connectivity index (χ4n) is 2.91. The zero-order valence-corrected chi connectivity index (χ0v) is 16.6. The molecule has 2 rings (SSSR count). The van der Waals surface area contributed by atoms with Gasteiger partial charge in [0.25, 0.3) is 0 Å². The van der Waals surface area contributed by atoms with Gasteiger partial charge in [0, 0.05) is 43.0 Å². The highest BCUT2D eigenvalue weighted by atomic mass is 16.2. The second kappa shape index (κ2) is 9.76. The van der Waals surface area contributed by atoms with Gasteiger partial charge in [0.15, 0.2) is 5.78 Å². The molecule has 2 aromatic carbocycles. The second-order valence-corrected chi connectivity index (χ2v) is 6.59. The van der Waals surface area contributed by atoms with Crippen LogP contribution in [0.4, 0.5) is 16.2 Å². The molecule has 0 aliphatic carbocycles. The van der Waals surface area contributed by atoms with Crippen LogP contribution in [0.1, 0.15) is 41.8 Å². The molecule has 144 valence electrons. The molecular formula is C22H29N3O2. The van der Waals surface area contributed by atoms with E-state index in [2.05, 4.69) is 35.4 Å². The molecule has 0 aliphatic heterocycles. The zero-order chi connectivity index (χ0) is 19.8. The number of amides is 2. The summed E-state index contributed by atoms with van der Waals surface area (Å²) in [6.07, 6.45) is 0.274. The molecule has 2 aromatic rings. The third-order valence-corrected chi connectivity index (χ3v) is 4.60. The minimum absolute atomic E-state index is 0.0232. The summed E-state index contributed by atoms with van der Waals surface area (Å²) in [4.78, 5) is 26.5. The normalized spacial score (nSPS) is 10.4. The van der Waals surface area contributed by atoms with Gasteiger partial charge in [0.1, 0.15) is 0 Å². The molecule has 0 atom stereocenters. The van der Waals surface area contributed by atoms with Crippen molar-refractivity contribution < 1.29 is 9.59 Å². The molecule has 0 spiro atoms. The number of benzene rings is 2. The van der Waals surface area contributed by atoms with Crippen LogP contribution in [-0.2, 0) is 0 Å². The van der Waals surface area contributed by atoms with E-state index in [1.54, 1.807) is 0 Å². The molecular weight excluding hydrogens is 338 g/mol. The molecule has 0 heterocycles. The molecule has 0 radical (unpaired) electrons. The Morgan fingerprint density at radius 3 is 2.22 bits per heavy atom. The maximum absolute atomic E-state index is 12.1. The van der Waals surface area contributed by atoms with E-state index in [9.17, 15) is 9.59 Å². The van der Waals surface area contributed by atoms with Crippen LogP contribution in [0.2, 0.25) is 0 Å². The SMILES string of the molecule is CCN(CC)c1ccc(NC(=O)NCCC(=O)c2ccc(C)cc2)c(C)c1. The molecule has 0 aromatic heterocycles. The number of ketones is 1. The molecule has 2 amide bonds. The molecule has 5 heteroatoms. The van der Waals surface area contributed by atoms with Gasteiger partial charge >= 0.3 is 6.03 Å². The van der Waals surface area contributed by atoms with E-state index < -0.39 is 0 Å². The Bertz CT molecular complexity index is 781. The highest BCUT2D eigenvalue weighted by Crippen LogP contribution is 2.22. The monoisotopic (exact) mass is 367 g/mol. The minimum atomic E-state index is -0.301. The Kier molecular flexibility index (Phi) is 7.41. The largest absolute Gasteiger partial charge is 0.372 e. The van der Waals surface area contributed by atoms with E-state index in [0.717, 1.165) is 35.6 Å². The first-order valence-corrected chi connectivity index (χ1v) is 9.45. The molecule has 5 nitrogen and oxygen atoms in total. The lowest BCUT2D eigenvalue weighted by Gasteiger charge is -2.22. The summed E-state index contributed by atoms with van der Waals surface area (Å²) < 4.78 is 0. The van der Waals surface area contributed by atoms with E-state index >= 15 is 0 Å². The maximum Gasteiger partial charge on any atom is 0.319 e. The van der Waals surface area contributed by atoms with Crippen molar-refractivity contribution in [1.82, 2.24) is 5.32 Å². The zero-order valence-electron chi connectivity index (χ0n) is 16.6. The second-order valence-electron chi connectivity index (χ2n) is 6.59. The van der Waals surface area contributed by atoms with Crippen LogP contribution in [0, 0.1) is 13.8 Å². The van der Waals surface area contributed by atoms with Crippen LogP contribution < -0.4 is 15.5 Å². The number of nitrogens with zero attached hydrogens (tertiary/aromatic N) is 1. The standard InChI is InChI=1S/C22H29N3O2/c1-5-25(6-2)19-11-12-20(17(4)15-19)24-22(27)23-14-13-21(26)18-9-7-16(3)8-10-18/h7-12,15H,5-6,13-14H2,1-4H3,(H2,23,24,27). The first-order chi connectivity index (χ1) is 12.9. The number of hydrogen-bond donors (Lipinski definition) is 2. The average molecular weight is 367 g/mol. The molecule has 0 fully saturated rings. The van der Waals surface area contributed by atoms with E-state index in [1.807, 2.05) is 50.2 Å². The van der Waals surface area contributed by atoms with Gasteiger partial charge in [-0.3, -0.25) is 4.79 Å². The summed E-state index contributed by atoms with van der Waals surface area (Å²) in [6.45, 7) is 10.4. The first kappa shape index (κ1) is 20.5. The van der Waals surface area contributed by atoms with Gasteiger partial charge in [-0.25, -0.2) is 4.79 Å². The number of rotatable bonds is 8. The fourth-order valence-corrected chi connectivity index (χ4v) is 2.91. The predicted molar refractivity (Wildman–Crippen MR) is 112 cm³/mol. The number of carbonyl (C=O) groups is 2. The molecule has 0 saturated carbocycles. The summed E-state index contributed by atoms with van der Waals surface area (Å²) in [5.41, 5.74) is 4.71. The third kappa shape index (κ3) is 5.84. The summed E-state index contributed by atoms with van der Waals surface area (Å²) in [7, 11) is 0. The lowest BCUT2D eigenvalue weighted by atomic mass is 10.1. The lowest BCUT2D eigenvalue weighted by Crippen LogP contribution is -2.31. The summed E-state index contributed by atoms with van der Waals surface area (Å²) in [6, 6.07) is 13.2. The number of hydrogen-bond acceptors (Lipinski definition) is 3. The Morgan fingerprint density at radius 1 is 0.963 bits per heavy atom. The van der Waals surface area contributed by atoms with Crippen LogP contribution in [0.3, 0.4) is 0 Å². The number of anilines is 2. The van der Waals surface area contributed by atoms with Gasteiger partial charge in [-0.1, -0.05) is 29.8 Å². The van der Waals surface area contributed by atoms with Crippen LogP contribution in [0.15, 0.2) is 42.5 Å². The first-order valence-electron chi connectivity index (χ1n) is 9.45. The minimum Gasteiger partial charge on any atom is -0.372 e. The molecule has 0 saturated heterocycles. The number of urea groups is 1. The predicted octanol–water partition coefficient (Wildman–Crippen LogP) is 4.54. The third-order valence-electron chi connectivity index (χ3n) is 4.60. The average Bonchev–Trinajstić information content (AvgIpc) is 2.65. The lowest BCUT2D eigenvalue weighted by molar-refractivity contribution is 0.0983. The van der Waals surface area contributed by atoms with Crippen molar-refractivity contribution in [3.8, 4) is 0 Å². The Balaban J connectivity index is 1.85. The molecule has 2 N–H and O–H groups in total. The molecule has 0 aliphatic rings. The van der Waals surface area contributed by atoms with Gasteiger partial charge in [-0.2, -0.15) is 0 Å². The Hall–Kier alpha value is -2.82. The number of Topliss-reactive ketones (excluding diaryl/α,β-unsaturated/α-hetero) is 1. The molecule has 27 heavy (non-hydrogen) atoms. The number of carbonyl (C=O) groups excluding carboxylic acids is 2. The maximum atomic E-state index is 12.1. The summed E-state index contributed by atoms with van der Waals surface area (Å²) in [5.74, 6) is 0.0232. The van der Waals surface area contributed by atoms with Crippen LogP contribution in [-0.4, -0.2) is 31.4 Å². The van der Waals surface area contributed by atoms with Crippen molar-refractivity contribution in [1.29, 1.82) is 0 Å². The van der Waals surface area contributed by atoms with Crippen molar-refractivity contribution in [3.05, 3.63) is 59.2 Å². The van der Waals surface area contributed by atoms with E-state index in [1.165, 1.54) is 0 Å². The smallest absolute Gasteiger partial charge is 0.319 e. The van der Waals surface area contributed by atoms with Crippen molar-refractivity contribution in [3.63, 3.8) is 0 Å². The van der Waals surface area contributed by atoms with Gasteiger partial charge < -0.3 is 15.5 Å². The quantitative estimate of drug-likeness (QED) is 0.673. The number of aryl methyl sites for hydroxylation is 2. The highest BCUT2D eigenvalue weighted by molar-refractivity contribution is 5.96. The van der Waals surface area contributed by atoms with Crippen LogP contribution in [0.5, 0.6) is 0 Å². The fraction of sp³-hybridized carbons (Fsp3) is 0.364. The molecule has 0 unspecified atom stereocenters. The van der Waals surface area contributed by atoms with Gasteiger partial charge in [-0.15, -0.1) is 0 Å².